The normalized spacial score (nSPS) is 14.2. The van der Waals surface area contributed by atoms with Crippen LogP contribution in [-0.4, -0.2) is 49.9 Å². The Morgan fingerprint density at radius 2 is 1.67 bits per heavy atom. The van der Waals surface area contributed by atoms with Gasteiger partial charge < -0.3 is 10.2 Å². The second kappa shape index (κ2) is 11.8. The lowest BCUT2D eigenvalue weighted by Gasteiger charge is -2.32. The first-order valence-corrected chi connectivity index (χ1v) is 14.6. The molecule has 0 radical (unpaired) electrons. The number of amides is 3. The minimum atomic E-state index is -0.317. The van der Waals surface area contributed by atoms with Gasteiger partial charge in [-0.1, -0.05) is 56.7 Å². The van der Waals surface area contributed by atoms with Gasteiger partial charge in [0.2, 0.25) is 0 Å². The highest BCUT2D eigenvalue weighted by atomic mass is 16.2. The van der Waals surface area contributed by atoms with Gasteiger partial charge >= 0.3 is 6.03 Å². The predicted molar refractivity (Wildman–Crippen MR) is 166 cm³/mol. The molecule has 1 aliphatic rings. The SMILES string of the molecule is Cc1ccc(-n2nc(C(C)(C)C)cc2NC(=O)Nc2ccccc2CC2CCN(C(=O)c3c(C)n[nH]c3C)CC2)cc1. The summed E-state index contributed by atoms with van der Waals surface area (Å²) in [5.41, 5.74) is 6.88. The Bertz CT molecular complexity index is 1550. The Kier molecular flexibility index (Phi) is 8.20. The number of benzene rings is 2. The van der Waals surface area contributed by atoms with Crippen LogP contribution >= 0.6 is 0 Å². The molecular weight excluding hydrogens is 526 g/mol. The van der Waals surface area contributed by atoms with Crippen molar-refractivity contribution >= 4 is 23.4 Å². The van der Waals surface area contributed by atoms with Crippen LogP contribution in [0.1, 0.15) is 72.2 Å². The molecule has 9 nitrogen and oxygen atoms in total. The lowest BCUT2D eigenvalue weighted by atomic mass is 9.89. The molecule has 1 saturated heterocycles. The summed E-state index contributed by atoms with van der Waals surface area (Å²) in [4.78, 5) is 28.3. The van der Waals surface area contributed by atoms with Crippen molar-refractivity contribution < 1.29 is 9.59 Å². The van der Waals surface area contributed by atoms with Crippen LogP contribution in [0.15, 0.2) is 54.6 Å². The van der Waals surface area contributed by atoms with Gasteiger partial charge in [-0.25, -0.2) is 9.48 Å². The Balaban J connectivity index is 1.25. The first-order chi connectivity index (χ1) is 20.0. The number of anilines is 2. The molecule has 9 heteroatoms. The maximum atomic E-state index is 13.3. The Morgan fingerprint density at radius 3 is 2.31 bits per heavy atom. The van der Waals surface area contributed by atoms with Crippen LogP contribution in [0.5, 0.6) is 0 Å². The van der Waals surface area contributed by atoms with Gasteiger partial charge in [-0.2, -0.15) is 10.2 Å². The highest BCUT2D eigenvalue weighted by Gasteiger charge is 2.27. The first kappa shape index (κ1) is 29.1. The number of piperidine rings is 1. The van der Waals surface area contributed by atoms with Crippen molar-refractivity contribution in [3.63, 3.8) is 0 Å². The molecule has 220 valence electrons. The summed E-state index contributed by atoms with van der Waals surface area (Å²) in [5.74, 6) is 1.08. The number of likely N-dealkylation sites (tertiary alicyclic amines) is 1. The number of urea groups is 1. The van der Waals surface area contributed by atoms with E-state index in [-0.39, 0.29) is 17.4 Å². The van der Waals surface area contributed by atoms with Crippen LogP contribution in [0, 0.1) is 26.7 Å². The third kappa shape index (κ3) is 6.40. The molecule has 0 saturated carbocycles. The van der Waals surface area contributed by atoms with Crippen molar-refractivity contribution in [2.75, 3.05) is 23.7 Å². The summed E-state index contributed by atoms with van der Waals surface area (Å²) in [6.07, 6.45) is 2.65. The first-order valence-electron chi connectivity index (χ1n) is 14.6. The van der Waals surface area contributed by atoms with E-state index in [0.717, 1.165) is 58.8 Å². The number of nitrogens with one attached hydrogen (secondary N) is 3. The minimum Gasteiger partial charge on any atom is -0.339 e. The van der Waals surface area contributed by atoms with E-state index in [2.05, 4.69) is 47.7 Å². The van der Waals surface area contributed by atoms with E-state index >= 15 is 0 Å². The van der Waals surface area contributed by atoms with E-state index in [1.54, 1.807) is 4.68 Å². The number of rotatable bonds is 6. The number of hydrogen-bond donors (Lipinski definition) is 3. The topological polar surface area (TPSA) is 108 Å². The molecule has 0 spiro atoms. The third-order valence-electron chi connectivity index (χ3n) is 8.02. The van der Waals surface area contributed by atoms with Gasteiger partial charge in [0, 0.05) is 36.0 Å². The van der Waals surface area contributed by atoms with Crippen molar-refractivity contribution in [3.8, 4) is 5.69 Å². The van der Waals surface area contributed by atoms with Crippen molar-refractivity contribution in [2.24, 2.45) is 5.92 Å². The summed E-state index contributed by atoms with van der Waals surface area (Å²) in [7, 11) is 0. The second-order valence-corrected chi connectivity index (χ2v) is 12.4. The van der Waals surface area contributed by atoms with Crippen molar-refractivity contribution in [3.05, 3.63) is 88.4 Å². The van der Waals surface area contributed by atoms with Crippen LogP contribution in [0.2, 0.25) is 0 Å². The molecule has 1 aliphatic heterocycles. The molecule has 1 fully saturated rings. The number of nitrogens with zero attached hydrogens (tertiary/aromatic N) is 4. The summed E-state index contributed by atoms with van der Waals surface area (Å²) in [6.45, 7) is 13.5. The summed E-state index contributed by atoms with van der Waals surface area (Å²) in [5, 5.41) is 18.0. The van der Waals surface area contributed by atoms with Crippen molar-refractivity contribution in [1.29, 1.82) is 0 Å². The van der Waals surface area contributed by atoms with E-state index in [9.17, 15) is 9.59 Å². The number of aromatic amines is 1. The number of hydrogen-bond acceptors (Lipinski definition) is 4. The fourth-order valence-corrected chi connectivity index (χ4v) is 5.48. The smallest absolute Gasteiger partial charge is 0.324 e. The van der Waals surface area contributed by atoms with E-state index in [0.29, 0.717) is 30.4 Å². The molecule has 0 atom stereocenters. The molecule has 2 aromatic carbocycles. The van der Waals surface area contributed by atoms with Gasteiger partial charge in [0.1, 0.15) is 5.82 Å². The zero-order chi connectivity index (χ0) is 30.0. The molecule has 3 amide bonds. The van der Waals surface area contributed by atoms with E-state index in [4.69, 9.17) is 5.10 Å². The number of carbonyl (C=O) groups is 2. The lowest BCUT2D eigenvalue weighted by Crippen LogP contribution is -2.39. The van der Waals surface area contributed by atoms with Crippen LogP contribution in [0.4, 0.5) is 16.3 Å². The Hall–Kier alpha value is -4.40. The Morgan fingerprint density at radius 1 is 0.976 bits per heavy atom. The quantitative estimate of drug-likeness (QED) is 0.245. The predicted octanol–water partition coefficient (Wildman–Crippen LogP) is 6.56. The van der Waals surface area contributed by atoms with Crippen molar-refractivity contribution in [1.82, 2.24) is 24.9 Å². The number of aromatic nitrogens is 4. The van der Waals surface area contributed by atoms with Gasteiger partial charge in [0.15, 0.2) is 0 Å². The van der Waals surface area contributed by atoms with Gasteiger partial charge in [-0.15, -0.1) is 0 Å². The summed E-state index contributed by atoms with van der Waals surface area (Å²) >= 11 is 0. The number of carbonyl (C=O) groups excluding carboxylic acids is 2. The van der Waals surface area contributed by atoms with Crippen molar-refractivity contribution in [2.45, 2.75) is 66.2 Å². The van der Waals surface area contributed by atoms with Crippen LogP contribution in [0.25, 0.3) is 5.69 Å². The van der Waals surface area contributed by atoms with Gasteiger partial charge in [-0.05, 0) is 69.7 Å². The zero-order valence-electron chi connectivity index (χ0n) is 25.4. The Labute approximate surface area is 247 Å². The summed E-state index contributed by atoms with van der Waals surface area (Å²) in [6, 6.07) is 17.6. The van der Waals surface area contributed by atoms with Crippen LogP contribution in [0.3, 0.4) is 0 Å². The molecule has 2 aromatic heterocycles. The molecule has 0 bridgehead atoms. The molecule has 5 rings (SSSR count). The largest absolute Gasteiger partial charge is 0.339 e. The third-order valence-corrected chi connectivity index (χ3v) is 8.02. The van der Waals surface area contributed by atoms with E-state index in [1.165, 1.54) is 0 Å². The fourth-order valence-electron chi connectivity index (χ4n) is 5.48. The molecule has 3 heterocycles. The zero-order valence-corrected chi connectivity index (χ0v) is 25.4. The standard InChI is InChI=1S/C33H41N7O2/c1-21-11-13-26(14-12-21)40-29(20-28(38-40)33(4,5)6)35-32(42)34-27-10-8-7-9-25(27)19-24-15-17-39(18-16-24)31(41)30-22(2)36-37-23(30)3/h7-14,20,24H,15-19H2,1-6H3,(H,36,37)(H2,34,35,42). The van der Waals surface area contributed by atoms with Gasteiger partial charge in [0.25, 0.3) is 5.91 Å². The number of aryl methyl sites for hydroxylation is 3. The number of H-pyrrole nitrogens is 1. The molecular formula is C33H41N7O2. The minimum absolute atomic E-state index is 0.0513. The molecule has 42 heavy (non-hydrogen) atoms. The number of para-hydroxylation sites is 1. The average Bonchev–Trinajstić information content (AvgIpc) is 3.53. The molecule has 0 unspecified atom stereocenters. The van der Waals surface area contributed by atoms with E-state index < -0.39 is 0 Å². The lowest BCUT2D eigenvalue weighted by molar-refractivity contribution is 0.0689. The highest BCUT2D eigenvalue weighted by molar-refractivity contribution is 6.00. The maximum Gasteiger partial charge on any atom is 0.324 e. The monoisotopic (exact) mass is 567 g/mol. The maximum absolute atomic E-state index is 13.3. The van der Waals surface area contributed by atoms with Gasteiger partial charge in [-0.3, -0.25) is 15.2 Å². The molecule has 0 aliphatic carbocycles. The van der Waals surface area contributed by atoms with E-state index in [1.807, 2.05) is 74.2 Å². The second-order valence-electron chi connectivity index (χ2n) is 12.4. The fraction of sp³-hybridized carbons (Fsp3) is 0.394. The van der Waals surface area contributed by atoms with Crippen LogP contribution in [-0.2, 0) is 11.8 Å². The average molecular weight is 568 g/mol. The summed E-state index contributed by atoms with van der Waals surface area (Å²) < 4.78 is 1.78. The molecule has 4 aromatic rings. The highest BCUT2D eigenvalue weighted by Crippen LogP contribution is 2.29. The molecule has 3 N–H and O–H groups in total. The van der Waals surface area contributed by atoms with Crippen LogP contribution < -0.4 is 10.6 Å². The van der Waals surface area contributed by atoms with Gasteiger partial charge in [0.05, 0.1) is 22.6 Å².